The molecule has 1 aliphatic carbocycles. The molecule has 7 heteroatoms. The first-order valence-corrected chi connectivity index (χ1v) is 9.10. The van der Waals surface area contributed by atoms with E-state index in [1.54, 1.807) is 14.0 Å². The second-order valence-corrected chi connectivity index (χ2v) is 7.41. The van der Waals surface area contributed by atoms with Crippen LogP contribution in [-0.2, 0) is 7.05 Å². The van der Waals surface area contributed by atoms with Crippen LogP contribution in [0.25, 0.3) is 10.9 Å². The van der Waals surface area contributed by atoms with Crippen molar-refractivity contribution < 1.29 is 19.7 Å². The molecule has 1 aliphatic rings. The lowest BCUT2D eigenvalue weighted by Gasteiger charge is -2.26. The largest absolute Gasteiger partial charge is 0.493 e. The molecule has 26 heavy (non-hydrogen) atoms. The lowest BCUT2D eigenvalue weighted by atomic mass is 10.0. The van der Waals surface area contributed by atoms with Gasteiger partial charge in [0.2, 0.25) is 0 Å². The number of amides is 1. The summed E-state index contributed by atoms with van der Waals surface area (Å²) < 4.78 is 7.57. The van der Waals surface area contributed by atoms with Crippen molar-refractivity contribution in [1.82, 2.24) is 15.1 Å². The number of carbonyl (C=O) groups excluding carboxylic acids is 1. The van der Waals surface area contributed by atoms with E-state index in [4.69, 9.17) is 4.74 Å². The quantitative estimate of drug-likeness (QED) is 0.696. The van der Waals surface area contributed by atoms with Gasteiger partial charge in [0.15, 0.2) is 0 Å². The molecule has 0 unspecified atom stereocenters. The van der Waals surface area contributed by atoms with E-state index >= 15 is 0 Å². The van der Waals surface area contributed by atoms with Gasteiger partial charge in [-0.2, -0.15) is 5.10 Å². The second-order valence-electron chi connectivity index (χ2n) is 7.41. The molecule has 142 valence electrons. The molecule has 2 aromatic rings. The van der Waals surface area contributed by atoms with Gasteiger partial charge in [-0.3, -0.25) is 9.48 Å². The van der Waals surface area contributed by atoms with E-state index in [9.17, 15) is 15.0 Å². The number of aliphatic hydroxyl groups excluding tert-OH is 2. The zero-order valence-corrected chi connectivity index (χ0v) is 15.4. The Bertz CT molecular complexity index is 776. The number of ether oxygens (including phenoxy) is 1. The molecule has 1 heterocycles. The summed E-state index contributed by atoms with van der Waals surface area (Å²) in [7, 11) is 1.70. The Kier molecular flexibility index (Phi) is 5.48. The number of hydrogen-bond donors (Lipinski definition) is 3. The van der Waals surface area contributed by atoms with Crippen LogP contribution in [-0.4, -0.2) is 51.3 Å². The minimum absolute atomic E-state index is 0.357. The van der Waals surface area contributed by atoms with Crippen LogP contribution in [0.3, 0.4) is 0 Å². The molecular formula is C19H27N3O4. The van der Waals surface area contributed by atoms with Crippen LogP contribution >= 0.6 is 0 Å². The first-order chi connectivity index (χ1) is 12.5. The Labute approximate surface area is 153 Å². The van der Waals surface area contributed by atoms with Crippen LogP contribution in [0.15, 0.2) is 18.2 Å². The van der Waals surface area contributed by atoms with Gasteiger partial charge in [-0.25, -0.2) is 0 Å². The third-order valence-corrected chi connectivity index (χ3v) is 5.10. The van der Waals surface area contributed by atoms with Crippen LogP contribution in [0.1, 0.15) is 43.1 Å². The number of aromatic nitrogens is 2. The van der Waals surface area contributed by atoms with Crippen LogP contribution in [0.5, 0.6) is 5.75 Å². The highest BCUT2D eigenvalue weighted by molar-refractivity contribution is 6.07. The van der Waals surface area contributed by atoms with E-state index in [0.29, 0.717) is 34.9 Å². The maximum Gasteiger partial charge on any atom is 0.270 e. The van der Waals surface area contributed by atoms with Crippen molar-refractivity contribution >= 4 is 16.8 Å². The summed E-state index contributed by atoms with van der Waals surface area (Å²) in [6.45, 7) is 1.49. The number of aliphatic hydroxyl groups is 2. The summed E-state index contributed by atoms with van der Waals surface area (Å²) >= 11 is 0. The number of rotatable bonds is 7. The van der Waals surface area contributed by atoms with Crippen molar-refractivity contribution in [2.45, 2.75) is 38.1 Å². The normalized spacial score (nSPS) is 15.5. The number of nitrogens with one attached hydrogen (secondary N) is 1. The molecule has 0 aliphatic heterocycles. The Balaban J connectivity index is 1.91. The zero-order valence-electron chi connectivity index (χ0n) is 15.4. The van der Waals surface area contributed by atoms with Crippen molar-refractivity contribution in [2.75, 3.05) is 19.8 Å². The Morgan fingerprint density at radius 1 is 1.35 bits per heavy atom. The maximum absolute atomic E-state index is 12.8. The predicted molar refractivity (Wildman–Crippen MR) is 98.2 cm³/mol. The molecule has 0 bridgehead atoms. The predicted octanol–water partition coefficient (Wildman–Crippen LogP) is 1.62. The number of benzene rings is 1. The van der Waals surface area contributed by atoms with Gasteiger partial charge < -0.3 is 20.3 Å². The average Bonchev–Trinajstić information content (AvgIpc) is 3.26. The number of nitrogens with zero attached hydrogens (tertiary/aromatic N) is 2. The van der Waals surface area contributed by atoms with Gasteiger partial charge in [0.25, 0.3) is 5.91 Å². The van der Waals surface area contributed by atoms with Crippen LogP contribution < -0.4 is 10.1 Å². The zero-order chi connectivity index (χ0) is 18.7. The minimum Gasteiger partial charge on any atom is -0.493 e. The fourth-order valence-corrected chi connectivity index (χ4v) is 3.44. The summed E-state index contributed by atoms with van der Waals surface area (Å²) in [5.74, 6) is 0.797. The molecule has 1 saturated carbocycles. The van der Waals surface area contributed by atoms with Gasteiger partial charge in [0.05, 0.1) is 36.3 Å². The van der Waals surface area contributed by atoms with Gasteiger partial charge in [0.1, 0.15) is 11.4 Å². The highest BCUT2D eigenvalue weighted by atomic mass is 16.5. The molecule has 3 N–H and O–H groups in total. The molecular weight excluding hydrogens is 334 g/mol. The molecule has 0 radical (unpaired) electrons. The summed E-state index contributed by atoms with van der Waals surface area (Å²) in [6.07, 6.45) is 4.86. The van der Waals surface area contributed by atoms with E-state index in [-0.39, 0.29) is 13.2 Å². The first kappa shape index (κ1) is 18.7. The van der Waals surface area contributed by atoms with Crippen molar-refractivity contribution in [3.05, 3.63) is 23.9 Å². The lowest BCUT2D eigenvalue weighted by molar-refractivity contribution is 0.0717. The van der Waals surface area contributed by atoms with Crippen molar-refractivity contribution in [3.63, 3.8) is 0 Å². The second kappa shape index (κ2) is 7.63. The molecule has 1 amide bonds. The lowest BCUT2D eigenvalue weighted by Crippen LogP contribution is -2.52. The van der Waals surface area contributed by atoms with E-state index in [0.717, 1.165) is 0 Å². The third kappa shape index (κ3) is 3.68. The Hall–Kier alpha value is -2.12. The standard InChI is InChI=1S/C19H27N3O4/c1-19(11-23,12-24)20-18(25)17-16-14(21-22(17)2)8-5-9-15(16)26-10-13-6-3-4-7-13/h5,8-9,13,23-24H,3-4,6-7,10-12H2,1-2H3,(H,20,25). The topological polar surface area (TPSA) is 96.6 Å². The molecule has 1 aromatic carbocycles. The minimum atomic E-state index is -1.10. The van der Waals surface area contributed by atoms with E-state index in [2.05, 4.69) is 10.4 Å². The fraction of sp³-hybridized carbons (Fsp3) is 0.579. The van der Waals surface area contributed by atoms with Gasteiger partial charge in [0, 0.05) is 7.05 Å². The van der Waals surface area contributed by atoms with Gasteiger partial charge >= 0.3 is 0 Å². The third-order valence-electron chi connectivity index (χ3n) is 5.10. The van der Waals surface area contributed by atoms with Gasteiger partial charge in [-0.15, -0.1) is 0 Å². The van der Waals surface area contributed by atoms with E-state index < -0.39 is 11.4 Å². The van der Waals surface area contributed by atoms with Crippen molar-refractivity contribution in [3.8, 4) is 5.75 Å². The van der Waals surface area contributed by atoms with Crippen molar-refractivity contribution in [2.24, 2.45) is 13.0 Å². The van der Waals surface area contributed by atoms with Gasteiger partial charge in [-0.05, 0) is 37.8 Å². The average molecular weight is 361 g/mol. The fourth-order valence-electron chi connectivity index (χ4n) is 3.44. The highest BCUT2D eigenvalue weighted by Crippen LogP contribution is 2.31. The van der Waals surface area contributed by atoms with Crippen LogP contribution in [0.4, 0.5) is 0 Å². The SMILES string of the molecule is Cn1nc2cccc(OCC3CCCC3)c2c1C(=O)NC(C)(CO)CO. The molecule has 1 fully saturated rings. The summed E-state index contributed by atoms with van der Waals surface area (Å²) in [5.41, 5.74) is -0.0701. The molecule has 7 nitrogen and oxygen atoms in total. The van der Waals surface area contributed by atoms with Crippen LogP contribution in [0.2, 0.25) is 0 Å². The molecule has 0 saturated heterocycles. The number of aryl methyl sites for hydroxylation is 1. The van der Waals surface area contributed by atoms with Crippen molar-refractivity contribution in [1.29, 1.82) is 0 Å². The Morgan fingerprint density at radius 3 is 2.69 bits per heavy atom. The summed E-state index contributed by atoms with van der Waals surface area (Å²) in [6, 6.07) is 5.56. The molecule has 3 rings (SSSR count). The molecule has 0 spiro atoms. The van der Waals surface area contributed by atoms with E-state index in [1.165, 1.54) is 30.4 Å². The number of fused-ring (bicyclic) bond motifs is 1. The Morgan fingerprint density at radius 2 is 2.04 bits per heavy atom. The monoisotopic (exact) mass is 361 g/mol. The highest BCUT2D eigenvalue weighted by Gasteiger charge is 2.29. The van der Waals surface area contributed by atoms with Crippen LogP contribution in [0, 0.1) is 5.92 Å². The van der Waals surface area contributed by atoms with E-state index in [1.807, 2.05) is 18.2 Å². The first-order valence-electron chi connectivity index (χ1n) is 9.10. The van der Waals surface area contributed by atoms with Gasteiger partial charge in [-0.1, -0.05) is 18.9 Å². The summed E-state index contributed by atoms with van der Waals surface area (Å²) in [4.78, 5) is 12.8. The smallest absolute Gasteiger partial charge is 0.270 e. The summed E-state index contributed by atoms with van der Waals surface area (Å²) in [5, 5.41) is 26.7. The number of carbonyl (C=O) groups is 1. The maximum atomic E-state index is 12.8. The molecule has 1 aromatic heterocycles. The molecule has 0 atom stereocenters. The number of hydrogen-bond acceptors (Lipinski definition) is 5.